The number of nitrogens with one attached hydrogen (secondary N) is 1. The number of rotatable bonds is 2. The van der Waals surface area contributed by atoms with E-state index in [0.717, 1.165) is 19.3 Å². The predicted octanol–water partition coefficient (Wildman–Crippen LogP) is 1.44. The van der Waals surface area contributed by atoms with Crippen LogP contribution in [0.5, 0.6) is 0 Å². The zero-order chi connectivity index (χ0) is 13.4. The van der Waals surface area contributed by atoms with E-state index in [1.807, 2.05) is 20.8 Å². The van der Waals surface area contributed by atoms with E-state index >= 15 is 0 Å². The topological polar surface area (TPSA) is 67.8 Å². The molecule has 5 heteroatoms. The number of hydrogen-bond donors (Lipinski definition) is 2. The highest BCUT2D eigenvalue weighted by Gasteiger charge is 2.51. The first kappa shape index (κ1) is 13.6. The van der Waals surface area contributed by atoms with Crippen LogP contribution in [0, 0.1) is 5.41 Å². The van der Waals surface area contributed by atoms with E-state index in [9.17, 15) is 9.90 Å². The summed E-state index contributed by atoms with van der Waals surface area (Å²) in [6.45, 7) is 6.37. The fourth-order valence-corrected chi connectivity index (χ4v) is 2.96. The molecule has 5 nitrogen and oxygen atoms in total. The summed E-state index contributed by atoms with van der Waals surface area (Å²) in [4.78, 5) is 11.7. The van der Waals surface area contributed by atoms with Crippen molar-refractivity contribution in [3.05, 3.63) is 0 Å². The lowest BCUT2D eigenvalue weighted by Gasteiger charge is -2.25. The molecule has 2 rings (SSSR count). The van der Waals surface area contributed by atoms with Gasteiger partial charge in [0.25, 0.3) is 0 Å². The summed E-state index contributed by atoms with van der Waals surface area (Å²) in [5.74, 6) is 0. The molecular formula is C13H23NO4. The van der Waals surface area contributed by atoms with Crippen molar-refractivity contribution in [1.82, 2.24) is 5.32 Å². The molecule has 2 fully saturated rings. The number of alkyl carbamates (subject to hydrolysis) is 1. The molecule has 0 aromatic carbocycles. The quantitative estimate of drug-likeness (QED) is 0.785. The van der Waals surface area contributed by atoms with Crippen molar-refractivity contribution < 1.29 is 19.4 Å². The minimum atomic E-state index is -0.482. The standard InChI is InChI=1S/C13H23NO4/c1-12(2,3)18-11(16)14-9-6-10-13(7-9,8-15)4-5-17-10/h9-10,15H,4-8H2,1-3H3,(H,14,16). The van der Waals surface area contributed by atoms with Crippen LogP contribution in [0.4, 0.5) is 4.79 Å². The van der Waals surface area contributed by atoms with Crippen molar-refractivity contribution in [2.45, 2.75) is 57.8 Å². The van der Waals surface area contributed by atoms with Crippen LogP contribution in [0.1, 0.15) is 40.0 Å². The smallest absolute Gasteiger partial charge is 0.407 e. The normalized spacial score (nSPS) is 35.3. The van der Waals surface area contributed by atoms with Gasteiger partial charge in [0.1, 0.15) is 5.60 Å². The van der Waals surface area contributed by atoms with Crippen LogP contribution in [0.3, 0.4) is 0 Å². The van der Waals surface area contributed by atoms with Gasteiger partial charge in [-0.25, -0.2) is 4.79 Å². The Morgan fingerprint density at radius 1 is 1.56 bits per heavy atom. The Morgan fingerprint density at radius 3 is 2.83 bits per heavy atom. The van der Waals surface area contributed by atoms with Gasteiger partial charge < -0.3 is 19.9 Å². The molecule has 1 aliphatic carbocycles. The summed E-state index contributed by atoms with van der Waals surface area (Å²) in [7, 11) is 0. The van der Waals surface area contributed by atoms with Crippen LogP contribution in [0.25, 0.3) is 0 Å². The summed E-state index contributed by atoms with van der Waals surface area (Å²) in [6.07, 6.45) is 2.09. The largest absolute Gasteiger partial charge is 0.444 e. The van der Waals surface area contributed by atoms with Gasteiger partial charge in [-0.3, -0.25) is 0 Å². The van der Waals surface area contributed by atoms with Gasteiger partial charge in [0.15, 0.2) is 0 Å². The number of carbonyl (C=O) groups is 1. The third kappa shape index (κ3) is 2.78. The maximum absolute atomic E-state index is 11.7. The van der Waals surface area contributed by atoms with E-state index in [1.54, 1.807) is 0 Å². The van der Waals surface area contributed by atoms with E-state index < -0.39 is 5.60 Å². The monoisotopic (exact) mass is 257 g/mol. The number of aliphatic hydroxyl groups is 1. The molecule has 104 valence electrons. The Morgan fingerprint density at radius 2 is 2.28 bits per heavy atom. The molecule has 0 bridgehead atoms. The van der Waals surface area contributed by atoms with Crippen LogP contribution >= 0.6 is 0 Å². The van der Waals surface area contributed by atoms with E-state index in [2.05, 4.69) is 5.32 Å². The zero-order valence-electron chi connectivity index (χ0n) is 11.4. The fourth-order valence-electron chi connectivity index (χ4n) is 2.96. The van der Waals surface area contributed by atoms with Gasteiger partial charge in [0.2, 0.25) is 0 Å². The Labute approximate surface area is 108 Å². The third-order valence-corrected chi connectivity index (χ3v) is 3.79. The van der Waals surface area contributed by atoms with E-state index in [1.165, 1.54) is 0 Å². The highest BCUT2D eigenvalue weighted by atomic mass is 16.6. The summed E-state index contributed by atoms with van der Waals surface area (Å²) >= 11 is 0. The molecule has 1 aliphatic heterocycles. The second-order valence-electron chi connectivity index (χ2n) is 6.41. The van der Waals surface area contributed by atoms with Crippen molar-refractivity contribution in [1.29, 1.82) is 0 Å². The van der Waals surface area contributed by atoms with Gasteiger partial charge in [0.05, 0.1) is 12.7 Å². The maximum Gasteiger partial charge on any atom is 0.407 e. The minimum Gasteiger partial charge on any atom is -0.444 e. The third-order valence-electron chi connectivity index (χ3n) is 3.79. The lowest BCUT2D eigenvalue weighted by Crippen LogP contribution is -2.38. The number of ether oxygens (including phenoxy) is 2. The minimum absolute atomic E-state index is 0.0392. The Kier molecular flexibility index (Phi) is 3.56. The molecule has 1 saturated heterocycles. The van der Waals surface area contributed by atoms with E-state index in [4.69, 9.17) is 9.47 Å². The molecule has 1 saturated carbocycles. The highest BCUT2D eigenvalue weighted by Crippen LogP contribution is 2.47. The van der Waals surface area contributed by atoms with Crippen LogP contribution in [0.15, 0.2) is 0 Å². The number of carbonyl (C=O) groups excluding carboxylic acids is 1. The zero-order valence-corrected chi connectivity index (χ0v) is 11.4. The molecular weight excluding hydrogens is 234 g/mol. The summed E-state index contributed by atoms with van der Waals surface area (Å²) in [5, 5.41) is 12.4. The summed E-state index contributed by atoms with van der Waals surface area (Å²) in [5.41, 5.74) is -0.636. The van der Waals surface area contributed by atoms with Gasteiger partial charge in [-0.05, 0) is 40.0 Å². The Hall–Kier alpha value is -0.810. The number of hydrogen-bond acceptors (Lipinski definition) is 4. The van der Waals surface area contributed by atoms with Crippen molar-refractivity contribution in [3.8, 4) is 0 Å². The van der Waals surface area contributed by atoms with Crippen LogP contribution in [-0.2, 0) is 9.47 Å². The SMILES string of the molecule is CC(C)(C)OC(=O)NC1CC2OCCC2(CO)C1. The second kappa shape index (κ2) is 4.70. The molecule has 2 N–H and O–H groups in total. The summed E-state index contributed by atoms with van der Waals surface area (Å²) in [6, 6.07) is 0.0392. The lowest BCUT2D eigenvalue weighted by molar-refractivity contribution is 0.0380. The molecule has 3 unspecified atom stereocenters. The van der Waals surface area contributed by atoms with Gasteiger partial charge in [-0.1, -0.05) is 0 Å². The predicted molar refractivity (Wildman–Crippen MR) is 66.3 cm³/mol. The Bertz CT molecular complexity index is 325. The van der Waals surface area contributed by atoms with Crippen LogP contribution in [-0.4, -0.2) is 42.2 Å². The average molecular weight is 257 g/mol. The maximum atomic E-state index is 11.7. The number of amides is 1. The first-order valence-corrected chi connectivity index (χ1v) is 6.57. The number of fused-ring (bicyclic) bond motifs is 1. The number of aliphatic hydroxyl groups excluding tert-OH is 1. The van der Waals surface area contributed by atoms with Crippen LogP contribution in [0.2, 0.25) is 0 Å². The molecule has 18 heavy (non-hydrogen) atoms. The molecule has 0 aromatic rings. The first-order chi connectivity index (χ1) is 8.35. The molecule has 2 aliphatic rings. The van der Waals surface area contributed by atoms with Gasteiger partial charge in [-0.2, -0.15) is 0 Å². The van der Waals surface area contributed by atoms with E-state index in [0.29, 0.717) is 6.61 Å². The van der Waals surface area contributed by atoms with Gasteiger partial charge in [-0.15, -0.1) is 0 Å². The first-order valence-electron chi connectivity index (χ1n) is 6.57. The van der Waals surface area contributed by atoms with Gasteiger partial charge in [0, 0.05) is 18.1 Å². The molecule has 0 radical (unpaired) electrons. The molecule has 0 spiro atoms. The lowest BCUT2D eigenvalue weighted by atomic mass is 9.84. The van der Waals surface area contributed by atoms with Crippen molar-refractivity contribution in [2.75, 3.05) is 13.2 Å². The average Bonchev–Trinajstić information content (AvgIpc) is 2.70. The van der Waals surface area contributed by atoms with E-state index in [-0.39, 0.29) is 30.3 Å². The molecule has 3 atom stereocenters. The van der Waals surface area contributed by atoms with Crippen molar-refractivity contribution >= 4 is 6.09 Å². The Balaban J connectivity index is 1.88. The molecule has 1 heterocycles. The molecule has 0 aromatic heterocycles. The highest BCUT2D eigenvalue weighted by molar-refractivity contribution is 5.68. The van der Waals surface area contributed by atoms with Crippen molar-refractivity contribution in [3.63, 3.8) is 0 Å². The summed E-state index contributed by atoms with van der Waals surface area (Å²) < 4.78 is 10.9. The van der Waals surface area contributed by atoms with Crippen molar-refractivity contribution in [2.24, 2.45) is 5.41 Å². The van der Waals surface area contributed by atoms with Gasteiger partial charge >= 0.3 is 6.09 Å². The molecule has 1 amide bonds. The van der Waals surface area contributed by atoms with Crippen LogP contribution < -0.4 is 5.32 Å². The fraction of sp³-hybridized carbons (Fsp3) is 0.923. The second-order valence-corrected chi connectivity index (χ2v) is 6.41.